The van der Waals surface area contributed by atoms with Crippen LogP contribution >= 0.6 is 11.6 Å². The van der Waals surface area contributed by atoms with Gasteiger partial charge in [0.1, 0.15) is 11.5 Å². The zero-order valence-corrected chi connectivity index (χ0v) is 10.6. The van der Waals surface area contributed by atoms with Crippen LogP contribution in [0.2, 0.25) is 0 Å². The minimum atomic E-state index is -0.519. The molecule has 0 bridgehead atoms. The zero-order chi connectivity index (χ0) is 13.4. The van der Waals surface area contributed by atoms with E-state index in [1.54, 1.807) is 29.1 Å². The standard InChI is InChI=1S/C12H11ClFN5/c13-10-9-11(18-12(15)17-10)19(6-16-9)5-7-3-1-2-4-8(7)14/h1-4,6,10H,5H2,(H3,15,17,18). The number of nitrogens with one attached hydrogen (secondary N) is 1. The number of aromatic nitrogens is 2. The molecule has 1 aliphatic heterocycles. The fourth-order valence-corrected chi connectivity index (χ4v) is 2.23. The van der Waals surface area contributed by atoms with Crippen LogP contribution < -0.4 is 11.1 Å². The highest BCUT2D eigenvalue weighted by Gasteiger charge is 2.23. The molecular formula is C12H11ClFN5. The molecule has 0 radical (unpaired) electrons. The molecule has 3 N–H and O–H groups in total. The molecular weight excluding hydrogens is 269 g/mol. The maximum absolute atomic E-state index is 13.6. The summed E-state index contributed by atoms with van der Waals surface area (Å²) in [6.07, 6.45) is 1.58. The largest absolute Gasteiger partial charge is 0.370 e. The molecule has 2 heterocycles. The summed E-state index contributed by atoms with van der Waals surface area (Å²) in [6.45, 7) is 0.329. The van der Waals surface area contributed by atoms with Crippen molar-refractivity contribution in [3.63, 3.8) is 0 Å². The van der Waals surface area contributed by atoms with E-state index >= 15 is 0 Å². The van der Waals surface area contributed by atoms with E-state index in [4.69, 9.17) is 17.3 Å². The molecule has 1 aromatic carbocycles. The van der Waals surface area contributed by atoms with Crippen LogP contribution in [0.15, 0.2) is 35.6 Å². The minimum Gasteiger partial charge on any atom is -0.370 e. The first-order valence-corrected chi connectivity index (χ1v) is 6.12. The highest BCUT2D eigenvalue weighted by atomic mass is 35.5. The number of nitrogens with zero attached hydrogens (tertiary/aromatic N) is 3. The van der Waals surface area contributed by atoms with Gasteiger partial charge < -0.3 is 15.6 Å². The van der Waals surface area contributed by atoms with Crippen molar-refractivity contribution in [1.82, 2.24) is 14.9 Å². The first kappa shape index (κ1) is 12.0. The van der Waals surface area contributed by atoms with Crippen LogP contribution in [0.3, 0.4) is 0 Å². The number of nitrogens with two attached hydrogens (primary N) is 1. The number of halogens is 2. The molecule has 1 atom stereocenters. The van der Waals surface area contributed by atoms with E-state index in [0.29, 0.717) is 23.6 Å². The van der Waals surface area contributed by atoms with Crippen LogP contribution in [-0.2, 0) is 6.54 Å². The number of alkyl halides is 1. The molecule has 0 saturated carbocycles. The molecule has 98 valence electrons. The Morgan fingerprint density at radius 3 is 3.00 bits per heavy atom. The lowest BCUT2D eigenvalue weighted by Crippen LogP contribution is -2.35. The number of hydrogen-bond acceptors (Lipinski definition) is 4. The van der Waals surface area contributed by atoms with E-state index in [0.717, 1.165) is 0 Å². The quantitative estimate of drug-likeness (QED) is 0.651. The van der Waals surface area contributed by atoms with Gasteiger partial charge in [0.2, 0.25) is 0 Å². The van der Waals surface area contributed by atoms with Crippen molar-refractivity contribution in [3.8, 4) is 0 Å². The van der Waals surface area contributed by atoms with Gasteiger partial charge in [-0.1, -0.05) is 29.8 Å². The van der Waals surface area contributed by atoms with E-state index in [1.165, 1.54) is 6.07 Å². The van der Waals surface area contributed by atoms with Gasteiger partial charge in [-0.25, -0.2) is 9.37 Å². The number of aliphatic imine (C=N–C) groups is 1. The number of fused-ring (bicyclic) bond motifs is 1. The Kier molecular flexibility index (Phi) is 2.87. The highest BCUT2D eigenvalue weighted by Crippen LogP contribution is 2.30. The Morgan fingerprint density at radius 2 is 2.21 bits per heavy atom. The Labute approximate surface area is 113 Å². The second-order valence-electron chi connectivity index (χ2n) is 4.18. The maximum Gasteiger partial charge on any atom is 0.196 e. The van der Waals surface area contributed by atoms with Gasteiger partial charge in [0, 0.05) is 5.56 Å². The van der Waals surface area contributed by atoms with Gasteiger partial charge in [-0.05, 0) is 6.07 Å². The summed E-state index contributed by atoms with van der Waals surface area (Å²) < 4.78 is 15.4. The van der Waals surface area contributed by atoms with Gasteiger partial charge in [0.25, 0.3) is 0 Å². The van der Waals surface area contributed by atoms with Crippen molar-refractivity contribution in [2.24, 2.45) is 10.7 Å². The third-order valence-electron chi connectivity index (χ3n) is 2.88. The van der Waals surface area contributed by atoms with Gasteiger partial charge in [-0.15, -0.1) is 0 Å². The molecule has 0 spiro atoms. The molecule has 0 fully saturated rings. The molecule has 1 unspecified atom stereocenters. The lowest BCUT2D eigenvalue weighted by atomic mass is 10.2. The summed E-state index contributed by atoms with van der Waals surface area (Å²) >= 11 is 6.07. The smallest absolute Gasteiger partial charge is 0.196 e. The van der Waals surface area contributed by atoms with Crippen LogP contribution in [0.5, 0.6) is 0 Å². The Bertz CT molecular complexity index is 651. The molecule has 2 aromatic rings. The minimum absolute atomic E-state index is 0.225. The fourth-order valence-electron chi connectivity index (χ4n) is 1.96. The van der Waals surface area contributed by atoms with Crippen LogP contribution in [0, 0.1) is 5.82 Å². The molecule has 0 saturated heterocycles. The molecule has 1 aromatic heterocycles. The summed E-state index contributed by atoms with van der Waals surface area (Å²) in [6, 6.07) is 6.57. The third kappa shape index (κ3) is 2.15. The molecule has 5 nitrogen and oxygen atoms in total. The predicted molar refractivity (Wildman–Crippen MR) is 70.7 cm³/mol. The Balaban J connectivity index is 1.99. The number of rotatable bonds is 2. The van der Waals surface area contributed by atoms with Gasteiger partial charge in [-0.2, -0.15) is 4.99 Å². The first-order chi connectivity index (χ1) is 9.15. The summed E-state index contributed by atoms with van der Waals surface area (Å²) in [5.41, 5.74) is 6.26. The molecule has 1 aliphatic rings. The highest BCUT2D eigenvalue weighted by molar-refractivity contribution is 6.22. The molecule has 0 aliphatic carbocycles. The van der Waals surface area contributed by atoms with Crippen molar-refractivity contribution in [3.05, 3.63) is 47.7 Å². The summed E-state index contributed by atoms with van der Waals surface area (Å²) in [7, 11) is 0. The van der Waals surface area contributed by atoms with Crippen LogP contribution in [0.25, 0.3) is 0 Å². The van der Waals surface area contributed by atoms with Crippen molar-refractivity contribution in [2.75, 3.05) is 0 Å². The number of guanidine groups is 1. The normalized spacial score (nSPS) is 17.6. The summed E-state index contributed by atoms with van der Waals surface area (Å²) in [4.78, 5) is 8.34. The van der Waals surface area contributed by atoms with Gasteiger partial charge in [0.15, 0.2) is 17.3 Å². The lowest BCUT2D eigenvalue weighted by molar-refractivity contribution is 0.599. The topological polar surface area (TPSA) is 68.2 Å². The Morgan fingerprint density at radius 1 is 1.42 bits per heavy atom. The van der Waals surface area contributed by atoms with Crippen molar-refractivity contribution >= 4 is 23.4 Å². The lowest BCUT2D eigenvalue weighted by Gasteiger charge is -2.17. The van der Waals surface area contributed by atoms with Crippen LogP contribution in [-0.4, -0.2) is 15.5 Å². The number of benzene rings is 1. The number of imidazole rings is 1. The first-order valence-electron chi connectivity index (χ1n) is 5.68. The van der Waals surface area contributed by atoms with Crippen LogP contribution in [0.1, 0.15) is 16.8 Å². The summed E-state index contributed by atoms with van der Waals surface area (Å²) in [5.74, 6) is 0.514. The van der Waals surface area contributed by atoms with E-state index in [1.807, 2.05) is 0 Å². The van der Waals surface area contributed by atoms with E-state index < -0.39 is 5.50 Å². The van der Waals surface area contributed by atoms with Crippen molar-refractivity contribution < 1.29 is 4.39 Å². The predicted octanol–water partition coefficient (Wildman–Crippen LogP) is 1.86. The maximum atomic E-state index is 13.6. The average molecular weight is 280 g/mol. The summed E-state index contributed by atoms with van der Waals surface area (Å²) in [5, 5.41) is 2.77. The number of hydrogen-bond donors (Lipinski definition) is 2. The Hall–Kier alpha value is -2.08. The molecule has 19 heavy (non-hydrogen) atoms. The van der Waals surface area contributed by atoms with E-state index in [2.05, 4.69) is 15.3 Å². The third-order valence-corrected chi connectivity index (χ3v) is 3.19. The van der Waals surface area contributed by atoms with Crippen LogP contribution in [0.4, 0.5) is 10.2 Å². The molecule has 0 amide bonds. The van der Waals surface area contributed by atoms with Crippen molar-refractivity contribution in [1.29, 1.82) is 0 Å². The van der Waals surface area contributed by atoms with Gasteiger partial charge in [0.05, 0.1) is 12.9 Å². The fraction of sp³-hybridized carbons (Fsp3) is 0.167. The second kappa shape index (κ2) is 4.55. The SMILES string of the molecule is NC1=Nc2c(ncn2Cc2ccccc2F)C(Cl)N1. The molecule has 7 heteroatoms. The monoisotopic (exact) mass is 279 g/mol. The second-order valence-corrected chi connectivity index (χ2v) is 4.61. The van der Waals surface area contributed by atoms with Gasteiger partial charge >= 0.3 is 0 Å². The van der Waals surface area contributed by atoms with Crippen molar-refractivity contribution in [2.45, 2.75) is 12.0 Å². The van der Waals surface area contributed by atoms with E-state index in [-0.39, 0.29) is 11.8 Å². The van der Waals surface area contributed by atoms with E-state index in [9.17, 15) is 4.39 Å². The zero-order valence-electron chi connectivity index (χ0n) is 9.85. The van der Waals surface area contributed by atoms with Gasteiger partial charge in [-0.3, -0.25) is 0 Å². The average Bonchev–Trinajstić information content (AvgIpc) is 2.76. The molecule has 3 rings (SSSR count).